The van der Waals surface area contributed by atoms with Crippen LogP contribution in [-0.4, -0.2) is 36.2 Å². The summed E-state index contributed by atoms with van der Waals surface area (Å²) in [4.78, 5) is -0.0678. The van der Waals surface area contributed by atoms with Crippen LogP contribution < -0.4 is 0 Å². The fourth-order valence-electron chi connectivity index (χ4n) is 4.66. The Hall–Kier alpha value is 0.571. The van der Waals surface area contributed by atoms with Crippen molar-refractivity contribution in [3.05, 3.63) is 0 Å². The minimum absolute atomic E-state index is 0.0678. The molecule has 0 aromatic carbocycles. The van der Waals surface area contributed by atoms with Crippen molar-refractivity contribution in [2.75, 3.05) is 6.61 Å². The maximum absolute atomic E-state index is 7.71. The zero-order valence-electron chi connectivity index (χ0n) is 23.1. The van der Waals surface area contributed by atoms with E-state index in [1.54, 1.807) is 0 Å². The van der Waals surface area contributed by atoms with Gasteiger partial charge in [0.05, 0.1) is 16.1 Å². The zero-order valence-corrected chi connectivity index (χ0v) is 26.1. The van der Waals surface area contributed by atoms with E-state index in [1.165, 1.54) is 0 Å². The number of rotatable bonds is 10. The van der Waals surface area contributed by atoms with Gasteiger partial charge in [-0.05, 0) is 47.8 Å². The van der Waals surface area contributed by atoms with Crippen LogP contribution in [0.25, 0.3) is 0 Å². The second-order valence-corrected chi connectivity index (χ2v) is 28.5. The molecule has 0 spiro atoms. The molecule has 29 heavy (non-hydrogen) atoms. The van der Waals surface area contributed by atoms with Gasteiger partial charge in [0.25, 0.3) is 0 Å². The number of hydrogen-bond acceptors (Lipinski definition) is 2. The molecule has 5 heteroatoms. The quantitative estimate of drug-likeness (QED) is 0.303. The van der Waals surface area contributed by atoms with Gasteiger partial charge in [-0.15, -0.1) is 0 Å². The van der Waals surface area contributed by atoms with E-state index in [4.69, 9.17) is 8.85 Å². The summed E-state index contributed by atoms with van der Waals surface area (Å²) < 4.78 is 14.4. The summed E-state index contributed by atoms with van der Waals surface area (Å²) in [6.45, 7) is 39.8. The van der Waals surface area contributed by atoms with Crippen molar-refractivity contribution in [3.8, 4) is 0 Å². The molecule has 0 aliphatic heterocycles. The van der Waals surface area contributed by atoms with Gasteiger partial charge >= 0.3 is 8.56 Å². The lowest BCUT2D eigenvalue weighted by Gasteiger charge is -2.63. The molecule has 176 valence electrons. The monoisotopic (exact) mass is 460 g/mol. The molecule has 0 bridgehead atoms. The first-order valence-corrected chi connectivity index (χ1v) is 20.2. The molecule has 0 heterocycles. The van der Waals surface area contributed by atoms with Gasteiger partial charge in [0.2, 0.25) is 0 Å². The largest absolute Gasteiger partial charge is 0.395 e. The molecule has 0 radical (unpaired) electrons. The van der Waals surface area contributed by atoms with Crippen LogP contribution in [0.5, 0.6) is 0 Å². The van der Waals surface area contributed by atoms with Crippen LogP contribution in [-0.2, 0) is 8.85 Å². The summed E-state index contributed by atoms with van der Waals surface area (Å²) in [5.74, 6) is 1.19. The first-order valence-electron chi connectivity index (χ1n) is 11.9. The molecule has 0 fully saturated rings. The Morgan fingerprint density at radius 3 is 1.17 bits per heavy atom. The minimum atomic E-state index is -2.36. The van der Waals surface area contributed by atoms with Crippen LogP contribution in [0.2, 0.25) is 48.4 Å². The predicted molar refractivity (Wildman–Crippen MR) is 141 cm³/mol. The van der Waals surface area contributed by atoms with E-state index in [9.17, 15) is 0 Å². The second kappa shape index (κ2) is 9.60. The van der Waals surface area contributed by atoms with Crippen molar-refractivity contribution in [2.24, 2.45) is 11.8 Å². The summed E-state index contributed by atoms with van der Waals surface area (Å²) >= 11 is 0. The third-order valence-electron chi connectivity index (χ3n) is 8.37. The Bertz CT molecular complexity index is 475. The van der Waals surface area contributed by atoms with Gasteiger partial charge in [-0.3, -0.25) is 0 Å². The Balaban J connectivity index is 6.88. The van der Waals surface area contributed by atoms with Gasteiger partial charge < -0.3 is 8.85 Å². The standard InChI is InChI=1S/C24H56O2Si3/c1-17-25-29(18-20(2)3,19-21(4)5)26-24(12,27(13,14)22(6,7)8)28(15,16)23(9,10)11/h20-21H,17-19H2,1-16H3. The van der Waals surface area contributed by atoms with Crippen LogP contribution in [0.15, 0.2) is 0 Å². The molecular weight excluding hydrogens is 405 g/mol. The highest BCUT2D eigenvalue weighted by Crippen LogP contribution is 2.55. The summed E-state index contributed by atoms with van der Waals surface area (Å²) in [5, 5.41) is 0.526. The molecule has 0 saturated heterocycles. The summed E-state index contributed by atoms with van der Waals surface area (Å²) in [6.07, 6.45) is 0. The number of hydrogen-bond donors (Lipinski definition) is 0. The van der Waals surface area contributed by atoms with Crippen LogP contribution in [0.4, 0.5) is 0 Å². The maximum atomic E-state index is 7.71. The van der Waals surface area contributed by atoms with Gasteiger partial charge in [-0.1, -0.05) is 95.4 Å². The Morgan fingerprint density at radius 2 is 0.966 bits per heavy atom. The molecule has 0 unspecified atom stereocenters. The van der Waals surface area contributed by atoms with Crippen molar-refractivity contribution < 1.29 is 8.85 Å². The van der Waals surface area contributed by atoms with Crippen molar-refractivity contribution in [3.63, 3.8) is 0 Å². The van der Waals surface area contributed by atoms with E-state index < -0.39 is 24.7 Å². The van der Waals surface area contributed by atoms with E-state index in [2.05, 4.69) is 109 Å². The molecule has 0 aromatic heterocycles. The van der Waals surface area contributed by atoms with E-state index in [0.29, 0.717) is 11.8 Å². The van der Waals surface area contributed by atoms with E-state index in [0.717, 1.165) is 18.7 Å². The lowest BCUT2D eigenvalue weighted by Crippen LogP contribution is -2.76. The molecule has 0 aliphatic rings. The zero-order chi connectivity index (χ0) is 23.7. The van der Waals surface area contributed by atoms with Gasteiger partial charge in [0.15, 0.2) is 0 Å². The highest BCUT2D eigenvalue weighted by Gasteiger charge is 2.65. The van der Waals surface area contributed by atoms with Crippen molar-refractivity contribution >= 4 is 24.7 Å². The van der Waals surface area contributed by atoms with Crippen molar-refractivity contribution in [1.82, 2.24) is 0 Å². The van der Waals surface area contributed by atoms with Crippen LogP contribution in [0.1, 0.15) is 83.1 Å². The first-order chi connectivity index (χ1) is 12.6. The lowest BCUT2D eigenvalue weighted by atomic mass is 10.2. The molecule has 0 aliphatic carbocycles. The lowest BCUT2D eigenvalue weighted by molar-refractivity contribution is 0.120. The first kappa shape index (κ1) is 29.6. The Morgan fingerprint density at radius 1 is 0.655 bits per heavy atom. The fourth-order valence-corrected chi connectivity index (χ4v) is 23.6. The predicted octanol–water partition coefficient (Wildman–Crippen LogP) is 8.65. The van der Waals surface area contributed by atoms with Crippen LogP contribution >= 0.6 is 0 Å². The molecule has 0 rings (SSSR count). The Kier molecular flexibility index (Phi) is 9.79. The van der Waals surface area contributed by atoms with E-state index in [-0.39, 0.29) is 14.9 Å². The third kappa shape index (κ3) is 6.30. The van der Waals surface area contributed by atoms with Crippen LogP contribution in [0, 0.1) is 11.8 Å². The molecule has 2 nitrogen and oxygen atoms in total. The summed E-state index contributed by atoms with van der Waals surface area (Å²) in [7, 11) is -6.07. The van der Waals surface area contributed by atoms with E-state index >= 15 is 0 Å². The van der Waals surface area contributed by atoms with Gasteiger partial charge in [0, 0.05) is 11.5 Å². The molecule has 0 N–H and O–H groups in total. The average molecular weight is 461 g/mol. The minimum Gasteiger partial charge on any atom is -0.395 e. The summed E-state index contributed by atoms with van der Waals surface area (Å²) in [6, 6.07) is 2.19. The fraction of sp³-hybridized carbons (Fsp3) is 1.00. The van der Waals surface area contributed by atoms with Gasteiger partial charge in [0.1, 0.15) is 0 Å². The molecule has 0 saturated carbocycles. The highest BCUT2D eigenvalue weighted by atomic mass is 28.4. The second-order valence-electron chi connectivity index (χ2n) is 13.4. The molecule has 0 aromatic rings. The van der Waals surface area contributed by atoms with Gasteiger partial charge in [-0.25, -0.2) is 0 Å². The normalized spacial score (nSPS) is 15.5. The average Bonchev–Trinajstić information content (AvgIpc) is 2.42. The van der Waals surface area contributed by atoms with Crippen molar-refractivity contribution in [2.45, 2.75) is 136 Å². The molecule has 0 amide bonds. The molecule has 0 atom stereocenters. The topological polar surface area (TPSA) is 18.5 Å². The van der Waals surface area contributed by atoms with Crippen molar-refractivity contribution in [1.29, 1.82) is 0 Å². The van der Waals surface area contributed by atoms with E-state index in [1.807, 2.05) is 0 Å². The summed E-state index contributed by atoms with van der Waals surface area (Å²) in [5.41, 5.74) is 0. The SMILES string of the molecule is CCO[Si](CC(C)C)(CC(C)C)OC(C)([Si](C)(C)C(C)(C)C)[Si](C)(C)C(C)(C)C. The third-order valence-corrected chi connectivity index (χ3v) is 29.5. The van der Waals surface area contributed by atoms with Gasteiger partial charge in [-0.2, -0.15) is 0 Å². The maximum Gasteiger partial charge on any atom is 0.338 e. The molecular formula is C24H56O2Si3. The highest BCUT2D eigenvalue weighted by molar-refractivity contribution is 7.02. The Labute approximate surface area is 188 Å². The smallest absolute Gasteiger partial charge is 0.338 e. The van der Waals surface area contributed by atoms with Crippen LogP contribution in [0.3, 0.4) is 0 Å².